The summed E-state index contributed by atoms with van der Waals surface area (Å²) in [5.74, 6) is 0. The van der Waals surface area contributed by atoms with Crippen LogP contribution in [-0.4, -0.2) is 4.98 Å². The van der Waals surface area contributed by atoms with E-state index in [1.165, 1.54) is 76.4 Å². The zero-order valence-electron chi connectivity index (χ0n) is 20.2. The first kappa shape index (κ1) is 20.3. The minimum Gasteiger partial charge on any atom is -0.354 e. The van der Waals surface area contributed by atoms with Gasteiger partial charge >= 0.3 is 0 Å². The molecule has 7 aromatic carbocycles. The number of para-hydroxylation sites is 2. The summed E-state index contributed by atoms with van der Waals surface area (Å²) in [6.45, 7) is 0. The molecule has 1 aromatic heterocycles. The smallest absolute Gasteiger partial charge is 0.0544 e. The van der Waals surface area contributed by atoms with Crippen LogP contribution in [0.25, 0.3) is 76.4 Å². The van der Waals surface area contributed by atoms with Gasteiger partial charge < -0.3 is 4.98 Å². The number of benzene rings is 7. The molecule has 0 aliphatic heterocycles. The molecule has 0 bridgehead atoms. The van der Waals surface area contributed by atoms with Crippen molar-refractivity contribution < 1.29 is 0 Å². The molecule has 1 nitrogen and oxygen atoms in total. The average molecular weight is 470 g/mol. The zero-order valence-corrected chi connectivity index (χ0v) is 20.2. The first-order valence-corrected chi connectivity index (χ1v) is 12.8. The molecule has 0 atom stereocenters. The van der Waals surface area contributed by atoms with Gasteiger partial charge in [-0.15, -0.1) is 0 Å². The molecule has 0 fully saturated rings. The summed E-state index contributed by atoms with van der Waals surface area (Å²) in [6, 6.07) is 48.5. The van der Waals surface area contributed by atoms with Crippen molar-refractivity contribution in [3.8, 4) is 22.3 Å². The lowest BCUT2D eigenvalue weighted by atomic mass is 9.91. The van der Waals surface area contributed by atoms with E-state index < -0.39 is 0 Å². The highest BCUT2D eigenvalue weighted by Gasteiger charge is 2.12. The normalized spacial score (nSPS) is 11.8. The van der Waals surface area contributed by atoms with Crippen LogP contribution >= 0.6 is 0 Å². The van der Waals surface area contributed by atoms with Crippen molar-refractivity contribution >= 4 is 54.1 Å². The number of nitrogens with one attached hydrogen (secondary N) is 1. The van der Waals surface area contributed by atoms with Crippen molar-refractivity contribution in [2.75, 3.05) is 0 Å². The fraction of sp³-hybridized carbons (Fsp3) is 0. The van der Waals surface area contributed by atoms with Crippen LogP contribution in [0, 0.1) is 0 Å². The molecule has 0 aliphatic rings. The van der Waals surface area contributed by atoms with Gasteiger partial charge in [-0.2, -0.15) is 0 Å². The lowest BCUT2D eigenvalue weighted by Gasteiger charge is -2.12. The summed E-state index contributed by atoms with van der Waals surface area (Å²) >= 11 is 0. The largest absolute Gasteiger partial charge is 0.354 e. The highest BCUT2D eigenvalue weighted by molar-refractivity contribution is 6.25. The minimum absolute atomic E-state index is 1.18. The molecular weight excluding hydrogens is 446 g/mol. The number of aromatic amines is 1. The molecule has 1 heterocycles. The second kappa shape index (κ2) is 7.81. The topological polar surface area (TPSA) is 15.8 Å². The van der Waals surface area contributed by atoms with E-state index in [4.69, 9.17) is 0 Å². The second-order valence-electron chi connectivity index (χ2n) is 9.83. The van der Waals surface area contributed by atoms with E-state index in [9.17, 15) is 0 Å². The monoisotopic (exact) mass is 469 g/mol. The number of rotatable bonds is 2. The van der Waals surface area contributed by atoms with Crippen molar-refractivity contribution in [3.05, 3.63) is 133 Å². The molecule has 0 amide bonds. The van der Waals surface area contributed by atoms with Crippen molar-refractivity contribution in [1.82, 2.24) is 4.98 Å². The minimum atomic E-state index is 1.18. The highest BCUT2D eigenvalue weighted by Crippen LogP contribution is 2.38. The molecule has 172 valence electrons. The molecule has 1 heteroatoms. The van der Waals surface area contributed by atoms with E-state index in [-0.39, 0.29) is 0 Å². The molecule has 0 unspecified atom stereocenters. The van der Waals surface area contributed by atoms with Crippen molar-refractivity contribution in [3.63, 3.8) is 0 Å². The van der Waals surface area contributed by atoms with Gasteiger partial charge in [0.1, 0.15) is 0 Å². The van der Waals surface area contributed by atoms with E-state index >= 15 is 0 Å². The van der Waals surface area contributed by atoms with Gasteiger partial charge in [-0.1, -0.05) is 115 Å². The van der Waals surface area contributed by atoms with Gasteiger partial charge in [0.25, 0.3) is 0 Å². The van der Waals surface area contributed by atoms with Crippen LogP contribution in [0.15, 0.2) is 133 Å². The number of aromatic nitrogens is 1. The Morgan fingerprint density at radius 3 is 1.62 bits per heavy atom. The Labute approximate surface area is 214 Å². The van der Waals surface area contributed by atoms with Gasteiger partial charge in [-0.25, -0.2) is 0 Å². The molecule has 0 spiro atoms. The van der Waals surface area contributed by atoms with Crippen LogP contribution in [0.5, 0.6) is 0 Å². The van der Waals surface area contributed by atoms with E-state index in [0.29, 0.717) is 0 Å². The van der Waals surface area contributed by atoms with Gasteiger partial charge in [-0.3, -0.25) is 0 Å². The zero-order chi connectivity index (χ0) is 24.3. The first-order valence-electron chi connectivity index (χ1n) is 12.8. The van der Waals surface area contributed by atoms with Gasteiger partial charge in [0.15, 0.2) is 0 Å². The summed E-state index contributed by atoms with van der Waals surface area (Å²) in [5, 5.41) is 10.4. The van der Waals surface area contributed by atoms with Crippen LogP contribution in [0.3, 0.4) is 0 Å². The number of fused-ring (bicyclic) bond motifs is 9. The Kier molecular flexibility index (Phi) is 4.29. The van der Waals surface area contributed by atoms with Crippen molar-refractivity contribution in [2.45, 2.75) is 0 Å². The highest BCUT2D eigenvalue weighted by atomic mass is 14.7. The molecule has 37 heavy (non-hydrogen) atoms. The third-order valence-corrected chi connectivity index (χ3v) is 7.79. The SMILES string of the molecule is c1cc(-c2ccc3c4ccccc4c4ccccc4c3c2)cc(-c2cccc3c2[nH]c2ccccc23)c1. The summed E-state index contributed by atoms with van der Waals surface area (Å²) in [4.78, 5) is 3.67. The summed E-state index contributed by atoms with van der Waals surface area (Å²) in [5.41, 5.74) is 7.28. The predicted octanol–water partition coefficient (Wildman–Crippen LogP) is 10.1. The number of hydrogen-bond acceptors (Lipinski definition) is 0. The average Bonchev–Trinajstić information content (AvgIpc) is 3.36. The van der Waals surface area contributed by atoms with E-state index in [1.807, 2.05) is 0 Å². The number of H-pyrrole nitrogens is 1. The molecule has 8 rings (SSSR count). The Morgan fingerprint density at radius 2 is 0.865 bits per heavy atom. The second-order valence-corrected chi connectivity index (χ2v) is 9.83. The molecule has 0 saturated heterocycles. The first-order chi connectivity index (χ1) is 18.3. The van der Waals surface area contributed by atoms with Crippen molar-refractivity contribution in [1.29, 1.82) is 0 Å². The molecule has 0 saturated carbocycles. The quantitative estimate of drug-likeness (QED) is 0.242. The summed E-state index contributed by atoms with van der Waals surface area (Å²) < 4.78 is 0. The van der Waals surface area contributed by atoms with Crippen LogP contribution in [0.2, 0.25) is 0 Å². The van der Waals surface area contributed by atoms with Gasteiger partial charge in [0.2, 0.25) is 0 Å². The molecule has 1 N–H and O–H groups in total. The molecular formula is C36H23N. The van der Waals surface area contributed by atoms with E-state index in [0.717, 1.165) is 0 Å². The van der Waals surface area contributed by atoms with Crippen LogP contribution in [0.1, 0.15) is 0 Å². The van der Waals surface area contributed by atoms with Crippen molar-refractivity contribution in [2.24, 2.45) is 0 Å². The third-order valence-electron chi connectivity index (χ3n) is 7.79. The Bertz CT molecular complexity index is 2110. The lowest BCUT2D eigenvalue weighted by Crippen LogP contribution is -1.86. The molecule has 8 aromatic rings. The molecule has 0 aliphatic carbocycles. The van der Waals surface area contributed by atoms with Crippen LogP contribution < -0.4 is 0 Å². The fourth-order valence-electron chi connectivity index (χ4n) is 6.07. The Morgan fingerprint density at radius 1 is 0.324 bits per heavy atom. The maximum atomic E-state index is 3.67. The van der Waals surface area contributed by atoms with Gasteiger partial charge in [-0.05, 0) is 67.2 Å². The maximum Gasteiger partial charge on any atom is 0.0544 e. The summed E-state index contributed by atoms with van der Waals surface area (Å²) in [6.07, 6.45) is 0. The van der Waals surface area contributed by atoms with Gasteiger partial charge in [0.05, 0.1) is 5.52 Å². The van der Waals surface area contributed by atoms with Gasteiger partial charge in [0, 0.05) is 21.9 Å². The Balaban J connectivity index is 1.34. The fourth-order valence-corrected chi connectivity index (χ4v) is 6.07. The predicted molar refractivity (Wildman–Crippen MR) is 159 cm³/mol. The lowest BCUT2D eigenvalue weighted by molar-refractivity contribution is 1.53. The number of hydrogen-bond donors (Lipinski definition) is 1. The summed E-state index contributed by atoms with van der Waals surface area (Å²) in [7, 11) is 0. The van der Waals surface area contributed by atoms with Crippen LogP contribution in [-0.2, 0) is 0 Å². The Hall–Kier alpha value is -4.88. The third kappa shape index (κ3) is 3.04. The van der Waals surface area contributed by atoms with Crippen LogP contribution in [0.4, 0.5) is 0 Å². The maximum absolute atomic E-state index is 3.67. The standard InChI is InChI=1S/C36H23N/c1-2-13-29-27(11-1)28-12-3-4-14-30(28)34-22-24(19-20-31(29)34)23-9-7-10-25(21-23)26-16-8-17-33-32-15-5-6-18-35(32)37-36(26)33/h1-22,37H. The van der Waals surface area contributed by atoms with E-state index in [1.54, 1.807) is 0 Å². The molecule has 0 radical (unpaired) electrons. The van der Waals surface area contributed by atoms with E-state index in [2.05, 4.69) is 138 Å².